The smallest absolute Gasteiger partial charge is 0.307 e. The van der Waals surface area contributed by atoms with E-state index in [4.69, 9.17) is 16.3 Å². The average Bonchev–Trinajstić information content (AvgIpc) is 3.01. The Labute approximate surface area is 164 Å². The molecule has 0 saturated carbocycles. The number of benzene rings is 1. The Bertz CT molecular complexity index is 767. The summed E-state index contributed by atoms with van der Waals surface area (Å²) in [7, 11) is 1.64. The second-order valence-electron chi connectivity index (χ2n) is 6.10. The van der Waals surface area contributed by atoms with Gasteiger partial charge < -0.3 is 9.84 Å². The van der Waals surface area contributed by atoms with Crippen molar-refractivity contribution in [3.63, 3.8) is 0 Å². The number of thiophene rings is 1. The lowest BCUT2D eigenvalue weighted by Gasteiger charge is -2.37. The highest BCUT2D eigenvalue weighted by molar-refractivity contribution is 9.11. The van der Waals surface area contributed by atoms with E-state index in [-0.39, 0.29) is 12.0 Å². The highest BCUT2D eigenvalue weighted by Gasteiger charge is 2.33. The van der Waals surface area contributed by atoms with Crippen molar-refractivity contribution in [2.24, 2.45) is 5.92 Å². The first kappa shape index (κ1) is 18.7. The first-order chi connectivity index (χ1) is 12.0. The van der Waals surface area contributed by atoms with Gasteiger partial charge in [-0.2, -0.15) is 0 Å². The van der Waals surface area contributed by atoms with Gasteiger partial charge in [-0.05, 0) is 65.6 Å². The molecule has 2 heterocycles. The van der Waals surface area contributed by atoms with E-state index in [2.05, 4.69) is 26.9 Å². The van der Waals surface area contributed by atoms with Crippen LogP contribution >= 0.6 is 38.9 Å². The molecule has 1 saturated heterocycles. The molecule has 1 aliphatic rings. The molecule has 1 fully saturated rings. The Morgan fingerprint density at radius 2 is 2.24 bits per heavy atom. The zero-order valence-electron chi connectivity index (χ0n) is 13.7. The number of nitrogens with zero attached hydrogens (tertiary/aromatic N) is 1. The summed E-state index contributed by atoms with van der Waals surface area (Å²) >= 11 is 11.4. The molecule has 0 radical (unpaired) electrons. The second kappa shape index (κ2) is 8.08. The SMILES string of the molecule is COc1ccc(Cl)cc1C(c1ccc(Br)s1)N1CCCC(C(=O)O)C1. The first-order valence-electron chi connectivity index (χ1n) is 8.05. The fraction of sp³-hybridized carbons (Fsp3) is 0.389. The van der Waals surface area contributed by atoms with Gasteiger partial charge in [-0.3, -0.25) is 9.69 Å². The molecule has 7 heteroatoms. The van der Waals surface area contributed by atoms with Crippen LogP contribution in [0.2, 0.25) is 5.02 Å². The predicted octanol–water partition coefficient (Wildman–Crippen LogP) is 5.06. The number of likely N-dealkylation sites (tertiary alicyclic amines) is 1. The van der Waals surface area contributed by atoms with Gasteiger partial charge in [-0.25, -0.2) is 0 Å². The molecule has 0 bridgehead atoms. The third-order valence-electron chi connectivity index (χ3n) is 4.52. The van der Waals surface area contributed by atoms with Gasteiger partial charge in [0.05, 0.1) is 22.9 Å². The third kappa shape index (κ3) is 4.19. The lowest BCUT2D eigenvalue weighted by atomic mass is 9.94. The number of carbonyl (C=O) groups is 1. The van der Waals surface area contributed by atoms with Crippen LogP contribution in [0.3, 0.4) is 0 Å². The summed E-state index contributed by atoms with van der Waals surface area (Å²) < 4.78 is 6.61. The van der Waals surface area contributed by atoms with E-state index in [1.807, 2.05) is 24.3 Å². The third-order valence-corrected chi connectivity index (χ3v) is 6.43. The van der Waals surface area contributed by atoms with Crippen LogP contribution < -0.4 is 4.74 Å². The van der Waals surface area contributed by atoms with E-state index >= 15 is 0 Å². The Morgan fingerprint density at radius 3 is 2.88 bits per heavy atom. The summed E-state index contributed by atoms with van der Waals surface area (Å²) in [6, 6.07) is 9.61. The molecule has 2 atom stereocenters. The minimum atomic E-state index is -0.728. The molecule has 2 aromatic rings. The Morgan fingerprint density at radius 1 is 1.44 bits per heavy atom. The molecular formula is C18H19BrClNO3S. The lowest BCUT2D eigenvalue weighted by molar-refractivity contribution is -0.143. The van der Waals surface area contributed by atoms with Gasteiger partial charge in [-0.1, -0.05) is 11.6 Å². The minimum absolute atomic E-state index is 0.0768. The fourth-order valence-corrected chi connectivity index (χ4v) is 5.12. The molecule has 0 amide bonds. The molecule has 1 aromatic heterocycles. The van der Waals surface area contributed by atoms with Crippen LogP contribution in [0.1, 0.15) is 29.3 Å². The Balaban J connectivity index is 2.05. The number of hydrogen-bond acceptors (Lipinski definition) is 4. The Kier molecular flexibility index (Phi) is 6.04. The molecule has 1 aliphatic heterocycles. The summed E-state index contributed by atoms with van der Waals surface area (Å²) in [5.74, 6) is -0.310. The van der Waals surface area contributed by atoms with Gasteiger partial charge in [0.25, 0.3) is 0 Å². The quantitative estimate of drug-likeness (QED) is 0.700. The number of methoxy groups -OCH3 is 1. The summed E-state index contributed by atoms with van der Waals surface area (Å²) in [5, 5.41) is 10.1. The number of carboxylic acid groups (broad SMARTS) is 1. The van der Waals surface area contributed by atoms with Gasteiger partial charge in [-0.15, -0.1) is 11.3 Å². The molecule has 25 heavy (non-hydrogen) atoms. The number of hydrogen-bond donors (Lipinski definition) is 1. The van der Waals surface area contributed by atoms with Crippen LogP contribution in [0.5, 0.6) is 5.75 Å². The van der Waals surface area contributed by atoms with Crippen molar-refractivity contribution in [3.05, 3.63) is 49.6 Å². The number of piperidine rings is 1. The molecule has 1 N–H and O–H groups in total. The highest BCUT2D eigenvalue weighted by atomic mass is 79.9. The molecule has 0 aliphatic carbocycles. The number of halogens is 2. The van der Waals surface area contributed by atoms with Gasteiger partial charge in [0.2, 0.25) is 0 Å². The van der Waals surface area contributed by atoms with Crippen LogP contribution in [0.25, 0.3) is 0 Å². The van der Waals surface area contributed by atoms with Crippen molar-refractivity contribution < 1.29 is 14.6 Å². The van der Waals surface area contributed by atoms with Crippen LogP contribution in [-0.4, -0.2) is 36.2 Å². The molecule has 1 aromatic carbocycles. The standard InChI is InChI=1S/C18H19BrClNO3S/c1-24-14-5-4-12(20)9-13(14)17(15-6-7-16(19)25-15)21-8-2-3-11(10-21)18(22)23/h4-7,9,11,17H,2-3,8,10H2,1H3,(H,22,23). The summed E-state index contributed by atoms with van der Waals surface area (Å²) in [4.78, 5) is 14.9. The molecular weight excluding hydrogens is 426 g/mol. The minimum Gasteiger partial charge on any atom is -0.496 e. The van der Waals surface area contributed by atoms with Gasteiger partial charge in [0.15, 0.2) is 0 Å². The van der Waals surface area contributed by atoms with Crippen LogP contribution in [0.15, 0.2) is 34.1 Å². The first-order valence-corrected chi connectivity index (χ1v) is 10.0. The molecule has 4 nitrogen and oxygen atoms in total. The zero-order chi connectivity index (χ0) is 18.0. The van der Waals surface area contributed by atoms with E-state index in [9.17, 15) is 9.90 Å². The van der Waals surface area contributed by atoms with Crippen LogP contribution in [0.4, 0.5) is 0 Å². The van der Waals surface area contributed by atoms with E-state index in [0.29, 0.717) is 11.6 Å². The predicted molar refractivity (Wildman–Crippen MR) is 104 cm³/mol. The number of rotatable bonds is 5. The van der Waals surface area contributed by atoms with Crippen molar-refractivity contribution in [3.8, 4) is 5.75 Å². The van der Waals surface area contributed by atoms with Crippen molar-refractivity contribution in [1.82, 2.24) is 4.90 Å². The topological polar surface area (TPSA) is 49.8 Å². The summed E-state index contributed by atoms with van der Waals surface area (Å²) in [6.45, 7) is 1.37. The average molecular weight is 445 g/mol. The normalized spacial score (nSPS) is 19.6. The molecule has 3 rings (SSSR count). The van der Waals surface area contributed by atoms with Crippen molar-refractivity contribution in [2.45, 2.75) is 18.9 Å². The number of carboxylic acids is 1. The zero-order valence-corrected chi connectivity index (χ0v) is 16.9. The van der Waals surface area contributed by atoms with Gasteiger partial charge in [0.1, 0.15) is 5.75 Å². The largest absolute Gasteiger partial charge is 0.496 e. The molecule has 2 unspecified atom stereocenters. The Hall–Kier alpha value is -1.08. The maximum absolute atomic E-state index is 11.5. The van der Waals surface area contributed by atoms with E-state index < -0.39 is 5.97 Å². The van der Waals surface area contributed by atoms with Crippen LogP contribution in [0, 0.1) is 5.92 Å². The van der Waals surface area contributed by atoms with Crippen molar-refractivity contribution in [1.29, 1.82) is 0 Å². The van der Waals surface area contributed by atoms with E-state index in [1.165, 1.54) is 0 Å². The van der Waals surface area contributed by atoms with E-state index in [1.54, 1.807) is 18.4 Å². The highest BCUT2D eigenvalue weighted by Crippen LogP contribution is 2.41. The summed E-state index contributed by atoms with van der Waals surface area (Å²) in [6.07, 6.45) is 1.59. The number of aliphatic carboxylic acids is 1. The monoisotopic (exact) mass is 443 g/mol. The molecule has 134 valence electrons. The van der Waals surface area contributed by atoms with Crippen molar-refractivity contribution >= 4 is 44.8 Å². The summed E-state index contributed by atoms with van der Waals surface area (Å²) in [5.41, 5.74) is 0.968. The van der Waals surface area contributed by atoms with Gasteiger partial charge in [0, 0.05) is 22.0 Å². The van der Waals surface area contributed by atoms with E-state index in [0.717, 1.165) is 39.4 Å². The second-order valence-corrected chi connectivity index (χ2v) is 9.03. The van der Waals surface area contributed by atoms with Crippen molar-refractivity contribution in [2.75, 3.05) is 20.2 Å². The van der Waals surface area contributed by atoms with Crippen LogP contribution in [-0.2, 0) is 4.79 Å². The maximum Gasteiger partial charge on any atom is 0.307 e. The number of ether oxygens (including phenoxy) is 1. The lowest BCUT2D eigenvalue weighted by Crippen LogP contribution is -2.41. The molecule has 0 spiro atoms. The fourth-order valence-electron chi connectivity index (χ4n) is 3.37. The van der Waals surface area contributed by atoms with Gasteiger partial charge >= 0.3 is 5.97 Å². The maximum atomic E-state index is 11.5.